The van der Waals surface area contributed by atoms with E-state index >= 15 is 0 Å². The highest BCUT2D eigenvalue weighted by Gasteiger charge is 2.30. The first-order valence-corrected chi connectivity index (χ1v) is 8.30. The van der Waals surface area contributed by atoms with Gasteiger partial charge in [-0.15, -0.1) is 0 Å². The van der Waals surface area contributed by atoms with Gasteiger partial charge >= 0.3 is 0 Å². The lowest BCUT2D eigenvalue weighted by molar-refractivity contribution is 0.0235. The van der Waals surface area contributed by atoms with Crippen LogP contribution in [0, 0.1) is 0 Å². The topological polar surface area (TPSA) is 51.2 Å². The lowest BCUT2D eigenvalue weighted by atomic mass is 9.95. The smallest absolute Gasteiger partial charge is 0.231 e. The molecule has 2 aromatic rings. The standard InChI is InChI=1S/C18H18ClNO4/c19-14-4-2-1-3-12(14)18(20-5-7-22-8-6-20)13-9-16-17(10-15(13)21)24-11-23-16/h1-4,9-10,18,21H,5-8,11H2. The van der Waals surface area contributed by atoms with Crippen molar-refractivity contribution >= 4 is 11.6 Å². The third-order valence-electron chi connectivity index (χ3n) is 4.43. The number of fused-ring (bicyclic) bond motifs is 1. The minimum absolute atomic E-state index is 0.169. The van der Waals surface area contributed by atoms with E-state index in [1.54, 1.807) is 6.07 Å². The monoisotopic (exact) mass is 347 g/mol. The zero-order valence-electron chi connectivity index (χ0n) is 13.1. The molecule has 2 aromatic carbocycles. The highest BCUT2D eigenvalue weighted by atomic mass is 35.5. The van der Waals surface area contributed by atoms with Gasteiger partial charge in [-0.1, -0.05) is 29.8 Å². The van der Waals surface area contributed by atoms with Crippen LogP contribution >= 0.6 is 11.6 Å². The Kier molecular flexibility index (Phi) is 4.22. The van der Waals surface area contributed by atoms with Gasteiger partial charge in [-0.3, -0.25) is 4.90 Å². The van der Waals surface area contributed by atoms with Gasteiger partial charge in [0, 0.05) is 29.7 Å². The van der Waals surface area contributed by atoms with E-state index in [9.17, 15) is 5.11 Å². The summed E-state index contributed by atoms with van der Waals surface area (Å²) in [6.07, 6.45) is 0. The maximum Gasteiger partial charge on any atom is 0.231 e. The maximum atomic E-state index is 10.6. The summed E-state index contributed by atoms with van der Waals surface area (Å²) in [5, 5.41) is 11.3. The van der Waals surface area contributed by atoms with E-state index in [2.05, 4.69) is 4.90 Å². The number of phenolic OH excluding ortho intramolecular Hbond substituents is 1. The lowest BCUT2D eigenvalue weighted by Crippen LogP contribution is -2.39. The van der Waals surface area contributed by atoms with Crippen LogP contribution in [-0.2, 0) is 4.74 Å². The van der Waals surface area contributed by atoms with Crippen molar-refractivity contribution in [2.24, 2.45) is 0 Å². The fourth-order valence-electron chi connectivity index (χ4n) is 3.26. The molecule has 6 heteroatoms. The molecule has 1 N–H and O–H groups in total. The summed E-state index contributed by atoms with van der Waals surface area (Å²) in [4.78, 5) is 2.27. The van der Waals surface area contributed by atoms with E-state index in [1.807, 2.05) is 30.3 Å². The minimum atomic E-state index is -0.169. The van der Waals surface area contributed by atoms with Crippen molar-refractivity contribution < 1.29 is 19.3 Å². The minimum Gasteiger partial charge on any atom is -0.507 e. The first kappa shape index (κ1) is 15.6. The molecule has 1 fully saturated rings. The van der Waals surface area contributed by atoms with Crippen molar-refractivity contribution in [3.8, 4) is 17.2 Å². The van der Waals surface area contributed by atoms with Gasteiger partial charge in [-0.2, -0.15) is 0 Å². The van der Waals surface area contributed by atoms with Crippen LogP contribution in [-0.4, -0.2) is 43.1 Å². The number of hydrogen-bond donors (Lipinski definition) is 1. The quantitative estimate of drug-likeness (QED) is 0.924. The Bertz CT molecular complexity index is 746. The van der Waals surface area contributed by atoms with Gasteiger partial charge in [-0.25, -0.2) is 0 Å². The van der Waals surface area contributed by atoms with E-state index in [0.717, 1.165) is 24.2 Å². The van der Waals surface area contributed by atoms with Crippen LogP contribution in [0.15, 0.2) is 36.4 Å². The average Bonchev–Trinajstić information content (AvgIpc) is 3.05. The van der Waals surface area contributed by atoms with Crippen molar-refractivity contribution in [2.45, 2.75) is 6.04 Å². The predicted octanol–water partition coefficient (Wildman–Crippen LogP) is 3.20. The van der Waals surface area contributed by atoms with Crippen molar-refractivity contribution in [2.75, 3.05) is 33.1 Å². The van der Waals surface area contributed by atoms with Gasteiger partial charge in [0.1, 0.15) is 5.75 Å². The summed E-state index contributed by atoms with van der Waals surface area (Å²) in [5.74, 6) is 1.39. The summed E-state index contributed by atoms with van der Waals surface area (Å²) < 4.78 is 16.3. The molecular weight excluding hydrogens is 330 g/mol. The Morgan fingerprint density at radius 2 is 1.71 bits per heavy atom. The van der Waals surface area contributed by atoms with Crippen molar-refractivity contribution in [3.05, 3.63) is 52.5 Å². The molecule has 2 aliphatic heterocycles. The molecule has 0 spiro atoms. The molecule has 24 heavy (non-hydrogen) atoms. The zero-order valence-corrected chi connectivity index (χ0v) is 13.8. The summed E-state index contributed by atoms with van der Waals surface area (Å²) in [5.41, 5.74) is 1.71. The predicted molar refractivity (Wildman–Crippen MR) is 89.9 cm³/mol. The lowest BCUT2D eigenvalue weighted by Gasteiger charge is -2.35. The van der Waals surface area contributed by atoms with E-state index in [-0.39, 0.29) is 18.6 Å². The van der Waals surface area contributed by atoms with Crippen LogP contribution in [0.2, 0.25) is 5.02 Å². The Labute approximate surface area is 145 Å². The normalized spacial score (nSPS) is 18.5. The van der Waals surface area contributed by atoms with E-state index in [0.29, 0.717) is 29.7 Å². The molecule has 1 atom stereocenters. The van der Waals surface area contributed by atoms with Gasteiger partial charge in [-0.05, 0) is 17.7 Å². The van der Waals surface area contributed by atoms with Crippen LogP contribution < -0.4 is 9.47 Å². The third-order valence-corrected chi connectivity index (χ3v) is 4.77. The second kappa shape index (κ2) is 6.51. The van der Waals surface area contributed by atoms with E-state index < -0.39 is 0 Å². The van der Waals surface area contributed by atoms with Crippen LogP contribution in [0.3, 0.4) is 0 Å². The molecule has 1 saturated heterocycles. The molecule has 0 aliphatic carbocycles. The zero-order chi connectivity index (χ0) is 16.5. The molecular formula is C18H18ClNO4. The number of aromatic hydroxyl groups is 1. The molecule has 0 amide bonds. The van der Waals surface area contributed by atoms with E-state index in [4.69, 9.17) is 25.8 Å². The van der Waals surface area contributed by atoms with Crippen LogP contribution in [0.25, 0.3) is 0 Å². The van der Waals surface area contributed by atoms with Gasteiger partial charge in [0.2, 0.25) is 6.79 Å². The van der Waals surface area contributed by atoms with E-state index in [1.165, 1.54) is 0 Å². The van der Waals surface area contributed by atoms with Crippen LogP contribution in [0.1, 0.15) is 17.2 Å². The van der Waals surface area contributed by atoms with Crippen LogP contribution in [0.5, 0.6) is 17.2 Å². The Hall–Kier alpha value is -1.95. The van der Waals surface area contributed by atoms with Gasteiger partial charge in [0.15, 0.2) is 11.5 Å². The first-order valence-electron chi connectivity index (χ1n) is 7.93. The summed E-state index contributed by atoms with van der Waals surface area (Å²) in [6, 6.07) is 11.0. The first-order chi connectivity index (χ1) is 11.7. The molecule has 4 rings (SSSR count). The Morgan fingerprint density at radius 1 is 1.00 bits per heavy atom. The second-order valence-electron chi connectivity index (χ2n) is 5.84. The fourth-order valence-corrected chi connectivity index (χ4v) is 3.50. The number of phenols is 1. The van der Waals surface area contributed by atoms with Crippen LogP contribution in [0.4, 0.5) is 0 Å². The molecule has 2 heterocycles. The van der Waals surface area contributed by atoms with Crippen molar-refractivity contribution in [1.82, 2.24) is 4.90 Å². The fraction of sp³-hybridized carbons (Fsp3) is 0.333. The van der Waals surface area contributed by atoms with Gasteiger partial charge < -0.3 is 19.3 Å². The molecule has 2 aliphatic rings. The highest BCUT2D eigenvalue weighted by Crippen LogP contribution is 2.44. The number of morpholine rings is 1. The molecule has 5 nitrogen and oxygen atoms in total. The molecule has 0 saturated carbocycles. The molecule has 0 radical (unpaired) electrons. The number of benzene rings is 2. The number of hydrogen-bond acceptors (Lipinski definition) is 5. The molecule has 126 valence electrons. The Balaban J connectivity index is 1.82. The van der Waals surface area contributed by atoms with Crippen molar-refractivity contribution in [1.29, 1.82) is 0 Å². The summed E-state index contributed by atoms with van der Waals surface area (Å²) in [7, 11) is 0. The largest absolute Gasteiger partial charge is 0.507 e. The maximum absolute atomic E-state index is 10.6. The number of nitrogens with zero attached hydrogens (tertiary/aromatic N) is 1. The highest BCUT2D eigenvalue weighted by molar-refractivity contribution is 6.31. The molecule has 0 bridgehead atoms. The summed E-state index contributed by atoms with van der Waals surface area (Å²) >= 11 is 6.46. The SMILES string of the molecule is Oc1cc2c(cc1C(c1ccccc1Cl)N1CCOCC1)OCO2. The third kappa shape index (κ3) is 2.79. The molecule has 1 unspecified atom stereocenters. The van der Waals surface area contributed by atoms with Crippen molar-refractivity contribution in [3.63, 3.8) is 0 Å². The summed E-state index contributed by atoms with van der Waals surface area (Å²) in [6.45, 7) is 3.03. The Morgan fingerprint density at radius 3 is 2.46 bits per heavy atom. The number of rotatable bonds is 3. The second-order valence-corrected chi connectivity index (χ2v) is 6.24. The van der Waals surface area contributed by atoms with Gasteiger partial charge in [0.05, 0.1) is 19.3 Å². The molecule has 0 aromatic heterocycles. The number of ether oxygens (including phenoxy) is 3. The van der Waals surface area contributed by atoms with Gasteiger partial charge in [0.25, 0.3) is 0 Å². The number of halogens is 1. The average molecular weight is 348 g/mol.